The van der Waals surface area contributed by atoms with Crippen molar-refractivity contribution in [2.75, 3.05) is 11.3 Å². The van der Waals surface area contributed by atoms with Crippen molar-refractivity contribution in [1.82, 2.24) is 5.32 Å². The van der Waals surface area contributed by atoms with Crippen molar-refractivity contribution in [3.63, 3.8) is 0 Å². The Hall–Kier alpha value is -2.62. The lowest BCUT2D eigenvalue weighted by Gasteiger charge is -2.37. The molecule has 0 unspecified atom stereocenters. The van der Waals surface area contributed by atoms with E-state index in [1.165, 1.54) is 0 Å². The van der Waals surface area contributed by atoms with Crippen LogP contribution in [0.4, 0.5) is 5.69 Å². The topological polar surface area (TPSA) is 114 Å². The number of benzene rings is 2. The van der Waals surface area contributed by atoms with Crippen LogP contribution >= 0.6 is 0 Å². The lowest BCUT2D eigenvalue weighted by molar-refractivity contribution is -0.142. The zero-order valence-electron chi connectivity index (χ0n) is 18.9. The SMILES string of the molecule is O=C(C[C@H]1C[C@@H]2c3cc(NS(=O)(=O)c4ccccc4)ccc3O[C@@H]2[C@@H](CO)O1)NC1CCCC1. The van der Waals surface area contributed by atoms with Gasteiger partial charge in [0.15, 0.2) is 0 Å². The first-order valence-electron chi connectivity index (χ1n) is 11.9. The number of ether oxygens (including phenoxy) is 2. The second kappa shape index (κ2) is 9.56. The van der Waals surface area contributed by atoms with Gasteiger partial charge in [-0.15, -0.1) is 0 Å². The van der Waals surface area contributed by atoms with Crippen molar-refractivity contribution in [2.45, 2.75) is 73.7 Å². The highest BCUT2D eigenvalue weighted by molar-refractivity contribution is 7.92. The van der Waals surface area contributed by atoms with E-state index in [1.807, 2.05) is 0 Å². The van der Waals surface area contributed by atoms with Crippen LogP contribution in [-0.4, -0.2) is 50.4 Å². The summed E-state index contributed by atoms with van der Waals surface area (Å²) in [6, 6.07) is 13.6. The first-order valence-corrected chi connectivity index (χ1v) is 13.4. The van der Waals surface area contributed by atoms with Gasteiger partial charge in [0.1, 0.15) is 18.0 Å². The number of aliphatic hydroxyl groups is 1. The fraction of sp³-hybridized carbons (Fsp3) is 0.480. The Bertz CT molecular complexity index is 1130. The van der Waals surface area contributed by atoms with Crippen LogP contribution in [0.2, 0.25) is 0 Å². The average Bonchev–Trinajstić information content (AvgIpc) is 3.46. The van der Waals surface area contributed by atoms with Crippen molar-refractivity contribution in [3.05, 3.63) is 54.1 Å². The molecule has 2 aromatic rings. The summed E-state index contributed by atoms with van der Waals surface area (Å²) >= 11 is 0. The molecule has 9 heteroatoms. The lowest BCUT2D eigenvalue weighted by Crippen LogP contribution is -2.47. The van der Waals surface area contributed by atoms with Crippen LogP contribution in [0, 0.1) is 0 Å². The third-order valence-corrected chi connectivity index (χ3v) is 8.34. The molecule has 5 rings (SSSR count). The number of hydrogen-bond donors (Lipinski definition) is 3. The Balaban J connectivity index is 1.32. The van der Waals surface area contributed by atoms with E-state index in [-0.39, 0.29) is 48.0 Å². The Morgan fingerprint density at radius 1 is 1.09 bits per heavy atom. The van der Waals surface area contributed by atoms with Gasteiger partial charge in [0, 0.05) is 23.2 Å². The van der Waals surface area contributed by atoms with Crippen LogP contribution < -0.4 is 14.8 Å². The minimum absolute atomic E-state index is 0.0319. The summed E-state index contributed by atoms with van der Waals surface area (Å²) in [4.78, 5) is 12.8. The Kier molecular flexibility index (Phi) is 6.50. The van der Waals surface area contributed by atoms with Gasteiger partial charge in [-0.2, -0.15) is 0 Å². The maximum atomic E-state index is 12.8. The first-order chi connectivity index (χ1) is 16.4. The second-order valence-corrected chi connectivity index (χ2v) is 11.0. The second-order valence-electron chi connectivity index (χ2n) is 9.33. The van der Waals surface area contributed by atoms with Gasteiger partial charge in [0.2, 0.25) is 5.91 Å². The number of sulfonamides is 1. The molecular weight excluding hydrogens is 456 g/mol. The molecule has 2 fully saturated rings. The van der Waals surface area contributed by atoms with Crippen LogP contribution in [0.3, 0.4) is 0 Å². The van der Waals surface area contributed by atoms with E-state index in [0.717, 1.165) is 31.2 Å². The molecule has 8 nitrogen and oxygen atoms in total. The fourth-order valence-corrected chi connectivity index (χ4v) is 6.40. The highest BCUT2D eigenvalue weighted by Crippen LogP contribution is 2.47. The van der Waals surface area contributed by atoms with Crippen molar-refractivity contribution < 1.29 is 27.8 Å². The Labute approximate surface area is 199 Å². The quantitative estimate of drug-likeness (QED) is 0.555. The molecule has 182 valence electrons. The van der Waals surface area contributed by atoms with Crippen LogP contribution in [-0.2, 0) is 19.6 Å². The predicted octanol–water partition coefficient (Wildman–Crippen LogP) is 2.93. The van der Waals surface area contributed by atoms with Gasteiger partial charge >= 0.3 is 0 Å². The monoisotopic (exact) mass is 486 g/mol. The van der Waals surface area contributed by atoms with Crippen molar-refractivity contribution >= 4 is 21.6 Å². The molecule has 1 aliphatic carbocycles. The number of carbonyl (C=O) groups excluding carboxylic acids is 1. The van der Waals surface area contributed by atoms with E-state index in [9.17, 15) is 18.3 Å². The van der Waals surface area contributed by atoms with E-state index in [0.29, 0.717) is 17.9 Å². The molecule has 0 radical (unpaired) electrons. The predicted molar refractivity (Wildman–Crippen MR) is 126 cm³/mol. The van der Waals surface area contributed by atoms with Crippen LogP contribution in [0.25, 0.3) is 0 Å². The molecule has 0 aromatic heterocycles. The molecule has 4 atom stereocenters. The molecule has 1 saturated heterocycles. The molecule has 3 N–H and O–H groups in total. The molecular formula is C25H30N2O6S. The zero-order valence-corrected chi connectivity index (χ0v) is 19.7. The fourth-order valence-electron chi connectivity index (χ4n) is 5.33. The van der Waals surface area contributed by atoms with Gasteiger partial charge < -0.3 is 19.9 Å². The van der Waals surface area contributed by atoms with Crippen LogP contribution in [0.5, 0.6) is 5.75 Å². The summed E-state index contributed by atoms with van der Waals surface area (Å²) in [5.41, 5.74) is 1.30. The minimum atomic E-state index is -3.72. The van der Waals surface area contributed by atoms with E-state index < -0.39 is 16.1 Å². The van der Waals surface area contributed by atoms with Gasteiger partial charge in [-0.25, -0.2) is 8.42 Å². The van der Waals surface area contributed by atoms with E-state index in [2.05, 4.69) is 10.0 Å². The summed E-state index contributed by atoms with van der Waals surface area (Å²) < 4.78 is 40.3. The maximum Gasteiger partial charge on any atom is 0.261 e. The van der Waals surface area contributed by atoms with Crippen molar-refractivity contribution in [3.8, 4) is 5.75 Å². The van der Waals surface area contributed by atoms with Gasteiger partial charge in [-0.05, 0) is 49.6 Å². The Morgan fingerprint density at radius 3 is 2.59 bits per heavy atom. The van der Waals surface area contributed by atoms with Crippen molar-refractivity contribution in [1.29, 1.82) is 0 Å². The largest absolute Gasteiger partial charge is 0.487 e. The van der Waals surface area contributed by atoms with E-state index in [1.54, 1.807) is 48.5 Å². The van der Waals surface area contributed by atoms with Gasteiger partial charge in [0.25, 0.3) is 10.0 Å². The number of carbonyl (C=O) groups is 1. The van der Waals surface area contributed by atoms with Gasteiger partial charge in [-0.1, -0.05) is 31.0 Å². The molecule has 0 spiro atoms. The summed E-state index contributed by atoms with van der Waals surface area (Å²) in [7, 11) is -3.72. The van der Waals surface area contributed by atoms with Gasteiger partial charge in [-0.3, -0.25) is 9.52 Å². The number of hydrogen-bond acceptors (Lipinski definition) is 6. The third kappa shape index (κ3) is 4.78. The summed E-state index contributed by atoms with van der Waals surface area (Å²) in [5.74, 6) is 0.512. The van der Waals surface area contributed by atoms with E-state index in [4.69, 9.17) is 9.47 Å². The smallest absolute Gasteiger partial charge is 0.261 e. The number of amides is 1. The zero-order chi connectivity index (χ0) is 23.7. The molecule has 34 heavy (non-hydrogen) atoms. The molecule has 0 bridgehead atoms. The molecule has 1 saturated carbocycles. The average molecular weight is 487 g/mol. The standard InChI is InChI=1S/C25H30N2O6S/c28-15-23-25-21(13-18(32-23)14-24(29)26-16-6-4-5-7-16)20-12-17(10-11-22(20)33-25)27-34(30,31)19-8-2-1-3-9-19/h1-3,8-12,16,18,21,23,25,27-28H,4-7,13-15H2,(H,26,29)/t18-,21-,23-,25+/m1/s1. The van der Waals surface area contributed by atoms with Gasteiger partial charge in [0.05, 0.1) is 24.0 Å². The maximum absolute atomic E-state index is 12.8. The van der Waals surface area contributed by atoms with Crippen molar-refractivity contribution in [2.24, 2.45) is 0 Å². The summed E-state index contributed by atoms with van der Waals surface area (Å²) in [6.07, 6.45) is 3.83. The molecule has 2 aromatic carbocycles. The molecule has 3 aliphatic rings. The first kappa shape index (κ1) is 23.1. The van der Waals surface area contributed by atoms with Crippen LogP contribution in [0.15, 0.2) is 53.4 Å². The lowest BCUT2D eigenvalue weighted by atomic mass is 9.84. The molecule has 1 amide bonds. The highest BCUT2D eigenvalue weighted by Gasteiger charge is 2.46. The number of aliphatic hydroxyl groups excluding tert-OH is 1. The Morgan fingerprint density at radius 2 is 1.85 bits per heavy atom. The highest BCUT2D eigenvalue weighted by atomic mass is 32.2. The number of nitrogens with one attached hydrogen (secondary N) is 2. The number of anilines is 1. The summed E-state index contributed by atoms with van der Waals surface area (Å²) in [6.45, 7) is -0.219. The number of rotatable bonds is 7. The summed E-state index contributed by atoms with van der Waals surface area (Å²) in [5, 5.41) is 13.0. The number of fused-ring (bicyclic) bond motifs is 3. The minimum Gasteiger partial charge on any atom is -0.487 e. The third-order valence-electron chi connectivity index (χ3n) is 6.94. The van der Waals surface area contributed by atoms with Crippen LogP contribution in [0.1, 0.15) is 50.0 Å². The normalized spacial score (nSPS) is 26.4. The molecule has 2 heterocycles. The van der Waals surface area contributed by atoms with E-state index >= 15 is 0 Å². The molecule has 2 aliphatic heterocycles.